The molecular weight excluding hydrogens is 245 g/mol. The van der Waals surface area contributed by atoms with Crippen molar-refractivity contribution in [3.63, 3.8) is 0 Å². The van der Waals surface area contributed by atoms with Gasteiger partial charge in [-0.25, -0.2) is 9.37 Å². The van der Waals surface area contributed by atoms with Crippen LogP contribution in [-0.2, 0) is 13.0 Å². The Labute approximate surface area is 112 Å². The molecule has 0 saturated heterocycles. The predicted octanol–water partition coefficient (Wildman–Crippen LogP) is 2.98. The molecule has 0 aliphatic rings. The molecule has 2 N–H and O–H groups in total. The lowest BCUT2D eigenvalue weighted by atomic mass is 10.1. The average molecular weight is 263 g/mol. The van der Waals surface area contributed by atoms with Crippen molar-refractivity contribution in [1.82, 2.24) is 9.97 Å². The van der Waals surface area contributed by atoms with Crippen LogP contribution in [0.5, 0.6) is 6.01 Å². The Morgan fingerprint density at radius 3 is 2.42 bits per heavy atom. The quantitative estimate of drug-likeness (QED) is 0.921. The second-order valence-electron chi connectivity index (χ2n) is 3.84. The van der Waals surface area contributed by atoms with Crippen LogP contribution in [-0.4, -0.2) is 9.97 Å². The van der Waals surface area contributed by atoms with Crippen molar-refractivity contribution in [3.05, 3.63) is 47.4 Å². The lowest BCUT2D eigenvalue weighted by Crippen LogP contribution is -2.03. The van der Waals surface area contributed by atoms with E-state index in [-0.39, 0.29) is 19.3 Å². The number of hydrogen-bond acceptors (Lipinski definition) is 4. The molecule has 0 radical (unpaired) electrons. The van der Waals surface area contributed by atoms with Gasteiger partial charge in [-0.05, 0) is 17.5 Å². The van der Waals surface area contributed by atoms with E-state index >= 15 is 0 Å². The molecule has 2 rings (SSSR count). The number of rotatable bonds is 4. The number of aryl methyl sites for hydroxylation is 1. The fraction of sp³-hybridized carbons (Fsp3) is 0.286. The fourth-order valence-corrected chi connectivity index (χ4v) is 1.45. The molecule has 5 heteroatoms. The maximum absolute atomic E-state index is 12.8. The lowest BCUT2D eigenvalue weighted by Gasteiger charge is -2.05. The van der Waals surface area contributed by atoms with Gasteiger partial charge in [0.2, 0.25) is 0 Å². The number of aromatic nitrogens is 2. The van der Waals surface area contributed by atoms with Gasteiger partial charge in [0.25, 0.3) is 0 Å². The average Bonchev–Trinajstić information content (AvgIpc) is 2.41. The SMILES string of the molecule is C.CCc1ccc(COc2ncc(F)c(N)n2)cc1. The zero-order valence-electron chi connectivity index (χ0n) is 10.1. The fourth-order valence-electron chi connectivity index (χ4n) is 1.45. The summed E-state index contributed by atoms with van der Waals surface area (Å²) in [6.07, 6.45) is 2.00. The van der Waals surface area contributed by atoms with E-state index in [4.69, 9.17) is 10.5 Å². The number of hydrogen-bond donors (Lipinski definition) is 1. The van der Waals surface area contributed by atoms with E-state index in [0.717, 1.165) is 18.2 Å². The summed E-state index contributed by atoms with van der Waals surface area (Å²) in [7, 11) is 0. The van der Waals surface area contributed by atoms with E-state index in [2.05, 4.69) is 16.9 Å². The molecule has 1 heterocycles. The third-order valence-electron chi connectivity index (χ3n) is 2.55. The van der Waals surface area contributed by atoms with Gasteiger partial charge in [-0.1, -0.05) is 38.6 Å². The summed E-state index contributed by atoms with van der Waals surface area (Å²) in [5.41, 5.74) is 7.58. The molecule has 0 spiro atoms. The minimum Gasteiger partial charge on any atom is -0.459 e. The Morgan fingerprint density at radius 2 is 1.84 bits per heavy atom. The van der Waals surface area contributed by atoms with Gasteiger partial charge >= 0.3 is 6.01 Å². The van der Waals surface area contributed by atoms with Crippen LogP contribution in [0.25, 0.3) is 0 Å². The van der Waals surface area contributed by atoms with Crippen molar-refractivity contribution >= 4 is 5.82 Å². The minimum atomic E-state index is -0.644. The monoisotopic (exact) mass is 263 g/mol. The summed E-state index contributed by atoms with van der Waals surface area (Å²) in [6, 6.07) is 8.11. The number of benzene rings is 1. The summed E-state index contributed by atoms with van der Waals surface area (Å²) in [5.74, 6) is -0.851. The number of anilines is 1. The van der Waals surface area contributed by atoms with Gasteiger partial charge in [0.05, 0.1) is 6.20 Å². The van der Waals surface area contributed by atoms with Crippen molar-refractivity contribution in [2.75, 3.05) is 5.73 Å². The molecule has 102 valence electrons. The molecular formula is C14H18FN3O. The highest BCUT2D eigenvalue weighted by atomic mass is 19.1. The van der Waals surface area contributed by atoms with E-state index in [0.29, 0.717) is 6.61 Å². The molecule has 4 nitrogen and oxygen atoms in total. The van der Waals surface area contributed by atoms with E-state index in [1.54, 1.807) is 0 Å². The Balaban J connectivity index is 0.00000180. The topological polar surface area (TPSA) is 61.0 Å². The summed E-state index contributed by atoms with van der Waals surface area (Å²) in [5, 5.41) is 0. The van der Waals surface area contributed by atoms with Crippen LogP contribution in [0, 0.1) is 5.82 Å². The van der Waals surface area contributed by atoms with Crippen molar-refractivity contribution < 1.29 is 9.13 Å². The summed E-state index contributed by atoms with van der Waals surface area (Å²) >= 11 is 0. The molecule has 19 heavy (non-hydrogen) atoms. The molecule has 1 aromatic carbocycles. The second-order valence-corrected chi connectivity index (χ2v) is 3.84. The van der Waals surface area contributed by atoms with Gasteiger partial charge in [0.15, 0.2) is 11.6 Å². The van der Waals surface area contributed by atoms with Crippen molar-refractivity contribution in [3.8, 4) is 6.01 Å². The van der Waals surface area contributed by atoms with Crippen molar-refractivity contribution in [2.24, 2.45) is 0 Å². The highest BCUT2D eigenvalue weighted by molar-refractivity contribution is 5.29. The Bertz CT molecular complexity index is 529. The van der Waals surface area contributed by atoms with E-state index in [1.165, 1.54) is 5.56 Å². The number of nitrogens with two attached hydrogens (primary N) is 1. The summed E-state index contributed by atoms with van der Waals surface area (Å²) in [6.45, 7) is 2.43. The van der Waals surface area contributed by atoms with Gasteiger partial charge in [0, 0.05) is 0 Å². The Hall–Kier alpha value is -2.17. The number of ether oxygens (including phenoxy) is 1. The molecule has 0 aliphatic carbocycles. The number of nitrogen functional groups attached to an aromatic ring is 1. The second kappa shape index (κ2) is 6.68. The predicted molar refractivity (Wildman–Crippen MR) is 73.3 cm³/mol. The minimum absolute atomic E-state index is 0. The summed E-state index contributed by atoms with van der Waals surface area (Å²) < 4.78 is 18.2. The highest BCUT2D eigenvalue weighted by Crippen LogP contribution is 2.12. The first-order valence-electron chi connectivity index (χ1n) is 5.67. The van der Waals surface area contributed by atoms with Gasteiger partial charge in [-0.3, -0.25) is 0 Å². The van der Waals surface area contributed by atoms with Crippen LogP contribution in [0.4, 0.5) is 10.2 Å². The molecule has 0 unspecified atom stereocenters. The van der Waals surface area contributed by atoms with Gasteiger partial charge < -0.3 is 10.5 Å². The summed E-state index contributed by atoms with van der Waals surface area (Å²) in [4.78, 5) is 7.39. The molecule has 0 saturated carbocycles. The smallest absolute Gasteiger partial charge is 0.318 e. The first-order chi connectivity index (χ1) is 8.69. The standard InChI is InChI=1S/C13H14FN3O.CH4/c1-2-9-3-5-10(6-4-9)8-18-13-16-7-11(14)12(15)17-13;/h3-7H,2,8H2,1H3,(H2,15,16,17);1H4. The maximum atomic E-state index is 12.8. The molecule has 0 atom stereocenters. The third-order valence-corrected chi connectivity index (χ3v) is 2.55. The van der Waals surface area contributed by atoms with E-state index < -0.39 is 5.82 Å². The molecule has 2 aromatic rings. The van der Waals surface area contributed by atoms with Crippen molar-refractivity contribution in [1.29, 1.82) is 0 Å². The van der Waals surface area contributed by atoms with E-state index in [9.17, 15) is 4.39 Å². The normalized spacial score (nSPS) is 9.79. The van der Waals surface area contributed by atoms with Crippen LogP contribution < -0.4 is 10.5 Å². The first kappa shape index (κ1) is 14.9. The largest absolute Gasteiger partial charge is 0.459 e. The maximum Gasteiger partial charge on any atom is 0.318 e. The van der Waals surface area contributed by atoms with Gasteiger partial charge in [0.1, 0.15) is 6.61 Å². The van der Waals surface area contributed by atoms with Gasteiger partial charge in [-0.2, -0.15) is 4.98 Å². The molecule has 0 fully saturated rings. The van der Waals surface area contributed by atoms with Crippen LogP contribution in [0.1, 0.15) is 25.5 Å². The van der Waals surface area contributed by atoms with Crippen LogP contribution in [0.2, 0.25) is 0 Å². The van der Waals surface area contributed by atoms with Crippen molar-refractivity contribution in [2.45, 2.75) is 27.4 Å². The first-order valence-corrected chi connectivity index (χ1v) is 5.67. The Morgan fingerprint density at radius 1 is 1.21 bits per heavy atom. The van der Waals surface area contributed by atoms with Crippen LogP contribution >= 0.6 is 0 Å². The number of halogens is 1. The third kappa shape index (κ3) is 3.91. The molecule has 0 amide bonds. The molecule has 1 aromatic heterocycles. The molecule has 0 bridgehead atoms. The zero-order valence-corrected chi connectivity index (χ0v) is 10.1. The zero-order chi connectivity index (χ0) is 13.0. The Kier molecular flexibility index (Phi) is 5.23. The van der Waals surface area contributed by atoms with Crippen LogP contribution in [0.3, 0.4) is 0 Å². The van der Waals surface area contributed by atoms with Gasteiger partial charge in [-0.15, -0.1) is 0 Å². The molecule has 0 aliphatic heterocycles. The van der Waals surface area contributed by atoms with Crippen LogP contribution in [0.15, 0.2) is 30.5 Å². The number of nitrogens with zero attached hydrogens (tertiary/aromatic N) is 2. The highest BCUT2D eigenvalue weighted by Gasteiger charge is 2.04. The lowest BCUT2D eigenvalue weighted by molar-refractivity contribution is 0.280. The van der Waals surface area contributed by atoms with E-state index in [1.807, 2.05) is 24.3 Å².